The number of aryl methyl sites for hydroxylation is 1. The van der Waals surface area contributed by atoms with Crippen LogP contribution in [0.2, 0.25) is 0 Å². The number of nitrogens with zero attached hydrogens (tertiary/aromatic N) is 3. The molecule has 6 heteroatoms. The van der Waals surface area contributed by atoms with Crippen molar-refractivity contribution in [2.75, 3.05) is 0 Å². The molecule has 0 aliphatic rings. The van der Waals surface area contributed by atoms with Crippen LogP contribution < -0.4 is 5.32 Å². The maximum absolute atomic E-state index is 11.9. The molecule has 0 bridgehead atoms. The SMILES string of the molecule is Cn1nc(CNC(=O)c2ccsc2)cc1-c1ccccn1. The highest BCUT2D eigenvalue weighted by Gasteiger charge is 2.10. The third kappa shape index (κ3) is 3.00. The lowest BCUT2D eigenvalue weighted by molar-refractivity contribution is 0.0951. The van der Waals surface area contributed by atoms with Crippen LogP contribution in [0.25, 0.3) is 11.4 Å². The van der Waals surface area contributed by atoms with Crippen LogP contribution in [-0.4, -0.2) is 20.7 Å². The van der Waals surface area contributed by atoms with Gasteiger partial charge < -0.3 is 5.32 Å². The van der Waals surface area contributed by atoms with E-state index in [1.54, 1.807) is 16.9 Å². The van der Waals surface area contributed by atoms with Gasteiger partial charge in [0, 0.05) is 24.2 Å². The van der Waals surface area contributed by atoms with Crippen molar-refractivity contribution in [1.29, 1.82) is 0 Å². The van der Waals surface area contributed by atoms with Crippen LogP contribution in [0.15, 0.2) is 47.3 Å². The van der Waals surface area contributed by atoms with E-state index in [0.29, 0.717) is 12.1 Å². The van der Waals surface area contributed by atoms with Crippen molar-refractivity contribution in [3.05, 3.63) is 58.5 Å². The van der Waals surface area contributed by atoms with Gasteiger partial charge in [-0.3, -0.25) is 14.5 Å². The second-order valence-corrected chi connectivity index (χ2v) is 5.33. The molecule has 1 amide bonds. The van der Waals surface area contributed by atoms with Gasteiger partial charge in [-0.25, -0.2) is 0 Å². The summed E-state index contributed by atoms with van der Waals surface area (Å²) in [6.45, 7) is 0.398. The molecule has 0 radical (unpaired) electrons. The molecule has 0 aromatic carbocycles. The lowest BCUT2D eigenvalue weighted by Crippen LogP contribution is -2.22. The zero-order valence-electron chi connectivity index (χ0n) is 11.5. The second-order valence-electron chi connectivity index (χ2n) is 4.55. The Morgan fingerprint density at radius 3 is 3.00 bits per heavy atom. The van der Waals surface area contributed by atoms with Crippen molar-refractivity contribution >= 4 is 17.2 Å². The van der Waals surface area contributed by atoms with Crippen LogP contribution in [0.1, 0.15) is 16.1 Å². The first-order valence-electron chi connectivity index (χ1n) is 6.49. The number of aromatic nitrogens is 3. The summed E-state index contributed by atoms with van der Waals surface area (Å²) in [7, 11) is 1.87. The molecule has 0 aliphatic heterocycles. The summed E-state index contributed by atoms with van der Waals surface area (Å²) >= 11 is 1.50. The predicted octanol–water partition coefficient (Wildman–Crippen LogP) is 2.47. The molecule has 1 N–H and O–H groups in total. The van der Waals surface area contributed by atoms with Crippen molar-refractivity contribution < 1.29 is 4.79 Å². The Hall–Kier alpha value is -2.47. The van der Waals surface area contributed by atoms with Crippen molar-refractivity contribution in [2.24, 2.45) is 7.05 Å². The number of pyridine rings is 1. The fourth-order valence-corrected chi connectivity index (χ4v) is 2.67. The van der Waals surface area contributed by atoms with E-state index < -0.39 is 0 Å². The van der Waals surface area contributed by atoms with E-state index in [1.165, 1.54) is 11.3 Å². The van der Waals surface area contributed by atoms with E-state index in [-0.39, 0.29) is 5.91 Å². The van der Waals surface area contributed by atoms with E-state index in [9.17, 15) is 4.79 Å². The molecule has 0 aliphatic carbocycles. The predicted molar refractivity (Wildman–Crippen MR) is 81.9 cm³/mol. The summed E-state index contributed by atoms with van der Waals surface area (Å²) in [6.07, 6.45) is 1.75. The van der Waals surface area contributed by atoms with Crippen LogP contribution in [0.3, 0.4) is 0 Å². The number of amides is 1. The first-order valence-corrected chi connectivity index (χ1v) is 7.43. The van der Waals surface area contributed by atoms with Crippen LogP contribution in [0.4, 0.5) is 0 Å². The van der Waals surface area contributed by atoms with Gasteiger partial charge in [-0.2, -0.15) is 16.4 Å². The van der Waals surface area contributed by atoms with Crippen LogP contribution >= 0.6 is 11.3 Å². The van der Waals surface area contributed by atoms with Gasteiger partial charge in [-0.15, -0.1) is 0 Å². The summed E-state index contributed by atoms with van der Waals surface area (Å²) in [5, 5.41) is 11.0. The van der Waals surface area contributed by atoms with Crippen molar-refractivity contribution in [3.8, 4) is 11.4 Å². The third-order valence-electron chi connectivity index (χ3n) is 3.07. The summed E-state index contributed by atoms with van der Waals surface area (Å²) in [4.78, 5) is 16.2. The Morgan fingerprint density at radius 2 is 2.29 bits per heavy atom. The van der Waals surface area contributed by atoms with Crippen LogP contribution in [-0.2, 0) is 13.6 Å². The molecule has 0 spiro atoms. The van der Waals surface area contributed by atoms with Gasteiger partial charge in [-0.05, 0) is 29.6 Å². The number of nitrogens with one attached hydrogen (secondary N) is 1. The minimum atomic E-state index is -0.0821. The molecule has 0 atom stereocenters. The first kappa shape index (κ1) is 13.5. The van der Waals surface area contributed by atoms with Gasteiger partial charge in [-0.1, -0.05) is 6.07 Å². The van der Waals surface area contributed by atoms with Crippen molar-refractivity contribution in [2.45, 2.75) is 6.54 Å². The van der Waals surface area contributed by atoms with Gasteiger partial charge in [0.2, 0.25) is 0 Å². The Bertz CT molecular complexity index is 734. The van der Waals surface area contributed by atoms with E-state index in [4.69, 9.17) is 0 Å². The third-order valence-corrected chi connectivity index (χ3v) is 3.75. The maximum atomic E-state index is 11.9. The van der Waals surface area contributed by atoms with Gasteiger partial charge in [0.1, 0.15) is 0 Å². The van der Waals surface area contributed by atoms with E-state index >= 15 is 0 Å². The molecule has 0 unspecified atom stereocenters. The summed E-state index contributed by atoms with van der Waals surface area (Å²) < 4.78 is 1.77. The minimum Gasteiger partial charge on any atom is -0.346 e. The molecule has 5 nitrogen and oxygen atoms in total. The van der Waals surface area contributed by atoms with E-state index in [0.717, 1.165) is 17.1 Å². The lowest BCUT2D eigenvalue weighted by atomic mass is 10.2. The number of carbonyl (C=O) groups is 1. The Labute approximate surface area is 126 Å². The molecule has 3 rings (SSSR count). The number of thiophene rings is 1. The summed E-state index contributed by atoms with van der Waals surface area (Å²) in [5.74, 6) is -0.0821. The summed E-state index contributed by atoms with van der Waals surface area (Å²) in [5.41, 5.74) is 3.28. The molecule has 0 saturated heterocycles. The van der Waals surface area contributed by atoms with Gasteiger partial charge >= 0.3 is 0 Å². The average Bonchev–Trinajstić information content (AvgIpc) is 3.15. The van der Waals surface area contributed by atoms with E-state index in [1.807, 2.05) is 42.1 Å². The zero-order valence-corrected chi connectivity index (χ0v) is 12.3. The molecule has 3 heterocycles. The average molecular weight is 298 g/mol. The van der Waals surface area contributed by atoms with Gasteiger partial charge in [0.05, 0.1) is 23.6 Å². The van der Waals surface area contributed by atoms with Gasteiger partial charge in [0.25, 0.3) is 5.91 Å². The highest BCUT2D eigenvalue weighted by Crippen LogP contribution is 2.16. The van der Waals surface area contributed by atoms with Crippen molar-refractivity contribution in [1.82, 2.24) is 20.1 Å². The van der Waals surface area contributed by atoms with Crippen molar-refractivity contribution in [3.63, 3.8) is 0 Å². The second kappa shape index (κ2) is 5.88. The number of rotatable bonds is 4. The summed E-state index contributed by atoms with van der Waals surface area (Å²) in [6, 6.07) is 9.49. The molecular formula is C15H14N4OS. The van der Waals surface area contributed by atoms with Crippen LogP contribution in [0.5, 0.6) is 0 Å². The Balaban J connectivity index is 1.72. The number of hydrogen-bond acceptors (Lipinski definition) is 4. The smallest absolute Gasteiger partial charge is 0.252 e. The maximum Gasteiger partial charge on any atom is 0.252 e. The van der Waals surface area contributed by atoms with Crippen LogP contribution in [0, 0.1) is 0 Å². The topological polar surface area (TPSA) is 59.8 Å². The van der Waals surface area contributed by atoms with E-state index in [2.05, 4.69) is 15.4 Å². The fraction of sp³-hybridized carbons (Fsp3) is 0.133. The highest BCUT2D eigenvalue weighted by atomic mass is 32.1. The largest absolute Gasteiger partial charge is 0.346 e. The lowest BCUT2D eigenvalue weighted by Gasteiger charge is -2.00. The molecule has 0 saturated carbocycles. The molecular weight excluding hydrogens is 284 g/mol. The molecule has 21 heavy (non-hydrogen) atoms. The molecule has 3 aromatic rings. The highest BCUT2D eigenvalue weighted by molar-refractivity contribution is 7.08. The number of hydrogen-bond donors (Lipinski definition) is 1. The zero-order chi connectivity index (χ0) is 14.7. The molecule has 106 valence electrons. The number of carbonyl (C=O) groups excluding carboxylic acids is 1. The minimum absolute atomic E-state index is 0.0821. The Morgan fingerprint density at radius 1 is 1.38 bits per heavy atom. The first-order chi connectivity index (χ1) is 10.2. The Kier molecular flexibility index (Phi) is 3.79. The monoisotopic (exact) mass is 298 g/mol. The molecule has 0 fully saturated rings. The quantitative estimate of drug-likeness (QED) is 0.805. The van der Waals surface area contributed by atoms with Gasteiger partial charge in [0.15, 0.2) is 0 Å². The molecule has 3 aromatic heterocycles. The normalized spacial score (nSPS) is 10.5. The standard InChI is InChI=1S/C15H14N4OS/c1-19-14(13-4-2-3-6-16-13)8-12(18-19)9-17-15(20)11-5-7-21-10-11/h2-8,10H,9H2,1H3,(H,17,20). The fourth-order valence-electron chi connectivity index (χ4n) is 2.03.